The third-order valence-electron chi connectivity index (χ3n) is 0.519. The molecule has 0 aromatic carbocycles. The van der Waals surface area contributed by atoms with Crippen molar-refractivity contribution < 1.29 is 56.2 Å². The number of nitrogens with zero attached hydrogens (tertiary/aromatic N) is 1. The third-order valence-corrected chi connectivity index (χ3v) is 0.519. The van der Waals surface area contributed by atoms with Crippen LogP contribution < -0.4 is 51.4 Å². The maximum absolute atomic E-state index is 9.55. The van der Waals surface area contributed by atoms with E-state index in [1.165, 1.54) is 12.4 Å². The van der Waals surface area contributed by atoms with Gasteiger partial charge in [-0.05, 0) is 0 Å². The van der Waals surface area contributed by atoms with Crippen LogP contribution in [0.15, 0.2) is 11.6 Å². The maximum atomic E-state index is 9.55. The van der Waals surface area contributed by atoms with Gasteiger partial charge >= 0.3 is 51.4 Å². The first-order valence-electron chi connectivity index (χ1n) is 1.79. The molecular weight excluding hydrogens is 129 g/mol. The minimum absolute atomic E-state index is 0. The van der Waals surface area contributed by atoms with Crippen LogP contribution >= 0.6 is 0 Å². The summed E-state index contributed by atoms with van der Waals surface area (Å²) in [6.07, 6.45) is 2.86. The summed E-state index contributed by atoms with van der Waals surface area (Å²) in [6.45, 7) is 1.61. The predicted molar refractivity (Wildman–Crippen MR) is 25.1 cm³/mol. The topological polar surface area (TPSA) is 40.9 Å². The summed E-state index contributed by atoms with van der Waals surface area (Å²) in [5.41, 5.74) is 0.0556. The van der Waals surface area contributed by atoms with Crippen molar-refractivity contribution in [2.45, 2.75) is 6.92 Å². The van der Waals surface area contributed by atoms with Gasteiger partial charge in [0, 0.05) is 0 Å². The Morgan fingerprint density at radius 1 is 1.88 bits per heavy atom. The maximum Gasteiger partial charge on any atom is 1.00 e. The minimum atomic E-state index is 0. The van der Waals surface area contributed by atoms with E-state index < -0.39 is 0 Å². The molecule has 3 heteroatoms. The van der Waals surface area contributed by atoms with E-state index in [0.29, 0.717) is 0 Å². The smallest absolute Gasteiger partial charge is 0.376 e. The van der Waals surface area contributed by atoms with Crippen molar-refractivity contribution in [2.75, 3.05) is 0 Å². The van der Waals surface area contributed by atoms with Gasteiger partial charge in [-0.15, -0.1) is 0 Å². The summed E-state index contributed by atoms with van der Waals surface area (Å²) < 4.78 is 0. The molecule has 36 valence electrons. The van der Waals surface area contributed by atoms with Crippen LogP contribution in [-0.2, 0) is 4.79 Å². The summed E-state index contributed by atoms with van der Waals surface area (Å²) >= 11 is 0. The molecule has 0 atom stereocenters. The first-order chi connectivity index (χ1) is 3.35. The molecule has 0 spiro atoms. The molecule has 0 aromatic heterocycles. The molecule has 0 radical (unpaired) electrons. The fraction of sp³-hybridized carbons (Fsp3) is 0.200. The second kappa shape index (κ2) is 7.54. The Balaban J connectivity index is 0. The Bertz CT molecular complexity index is 134. The quantitative estimate of drug-likeness (QED) is 0.173. The van der Waals surface area contributed by atoms with Crippen molar-refractivity contribution in [3.8, 4) is 6.07 Å². The molecule has 0 N–H and O–H groups in total. The predicted octanol–water partition coefficient (Wildman–Crippen LogP) is -2.43. The van der Waals surface area contributed by atoms with E-state index in [1.807, 2.05) is 0 Å². The van der Waals surface area contributed by atoms with Crippen LogP contribution in [0.5, 0.6) is 0 Å². The van der Waals surface area contributed by atoms with Crippen molar-refractivity contribution in [2.24, 2.45) is 0 Å². The third kappa shape index (κ3) is 4.69. The molecule has 0 aromatic rings. The summed E-state index contributed by atoms with van der Waals surface area (Å²) in [5, 5.41) is 7.95. The zero-order valence-electron chi connectivity index (χ0n) is 4.93. The van der Waals surface area contributed by atoms with E-state index in [4.69, 9.17) is 5.26 Å². The Morgan fingerprint density at radius 3 is 2.38 bits per heavy atom. The average molecular weight is 133 g/mol. The first kappa shape index (κ1) is 11.3. The van der Waals surface area contributed by atoms with E-state index in [-0.39, 0.29) is 57.0 Å². The summed E-state index contributed by atoms with van der Waals surface area (Å²) in [5.74, 6) is 0. The largest absolute Gasteiger partial charge is 1.00 e. The van der Waals surface area contributed by atoms with E-state index in [2.05, 4.69) is 0 Å². The SMILES string of the molecule is C/C=C(\C#N)[C-]=O.[K+]. The van der Waals surface area contributed by atoms with Crippen molar-refractivity contribution >= 4 is 6.29 Å². The molecule has 0 heterocycles. The van der Waals surface area contributed by atoms with Crippen molar-refractivity contribution in [3.63, 3.8) is 0 Å². The fourth-order valence-corrected chi connectivity index (χ4v) is 0.146. The molecule has 0 aliphatic carbocycles. The Morgan fingerprint density at radius 2 is 2.38 bits per heavy atom. The molecule has 0 bridgehead atoms. The molecule has 0 amide bonds. The van der Waals surface area contributed by atoms with Gasteiger partial charge in [0.05, 0.1) is 6.29 Å². The van der Waals surface area contributed by atoms with E-state index in [9.17, 15) is 4.79 Å². The van der Waals surface area contributed by atoms with Gasteiger partial charge in [-0.1, -0.05) is 18.6 Å². The van der Waals surface area contributed by atoms with E-state index in [0.717, 1.165) is 0 Å². The average Bonchev–Trinajstić information content (AvgIpc) is 1.72. The van der Waals surface area contributed by atoms with Crippen LogP contribution in [0.1, 0.15) is 6.92 Å². The summed E-state index contributed by atoms with van der Waals surface area (Å²) in [6, 6.07) is 1.64. The van der Waals surface area contributed by atoms with E-state index >= 15 is 0 Å². The van der Waals surface area contributed by atoms with Crippen LogP contribution in [0.25, 0.3) is 0 Å². The molecule has 0 rings (SSSR count). The summed E-state index contributed by atoms with van der Waals surface area (Å²) in [7, 11) is 0. The molecule has 8 heavy (non-hydrogen) atoms. The van der Waals surface area contributed by atoms with Crippen LogP contribution in [0.3, 0.4) is 0 Å². The van der Waals surface area contributed by atoms with Gasteiger partial charge in [-0.25, -0.2) is 0 Å². The molecule has 2 nitrogen and oxygen atoms in total. The van der Waals surface area contributed by atoms with Gasteiger partial charge in [-0.3, -0.25) is 5.26 Å². The van der Waals surface area contributed by atoms with E-state index in [1.54, 1.807) is 13.0 Å². The molecule has 0 fully saturated rings. The van der Waals surface area contributed by atoms with Gasteiger partial charge < -0.3 is 4.79 Å². The zero-order chi connectivity index (χ0) is 5.70. The second-order valence-corrected chi connectivity index (χ2v) is 0.916. The number of rotatable bonds is 1. The molecule has 0 saturated carbocycles. The van der Waals surface area contributed by atoms with Gasteiger partial charge in [0.2, 0.25) is 0 Å². The monoisotopic (exact) mass is 133 g/mol. The Labute approximate surface area is 91.0 Å². The fourth-order valence-electron chi connectivity index (χ4n) is 0.146. The molecule has 0 aliphatic heterocycles. The van der Waals surface area contributed by atoms with Gasteiger partial charge in [0.1, 0.15) is 0 Å². The minimum Gasteiger partial charge on any atom is -0.376 e. The van der Waals surface area contributed by atoms with Crippen LogP contribution in [0, 0.1) is 11.3 Å². The number of hydrogen-bond donors (Lipinski definition) is 0. The Hall–Kier alpha value is 0.536. The van der Waals surface area contributed by atoms with Gasteiger partial charge in [0.15, 0.2) is 0 Å². The van der Waals surface area contributed by atoms with Crippen molar-refractivity contribution in [1.29, 1.82) is 5.26 Å². The molecule has 0 aliphatic rings. The van der Waals surface area contributed by atoms with Gasteiger partial charge in [-0.2, -0.15) is 6.08 Å². The summed E-state index contributed by atoms with van der Waals surface area (Å²) in [4.78, 5) is 9.55. The van der Waals surface area contributed by atoms with Gasteiger partial charge in [0.25, 0.3) is 0 Å². The number of hydrogen-bond acceptors (Lipinski definition) is 2. The van der Waals surface area contributed by atoms with Crippen molar-refractivity contribution in [3.05, 3.63) is 11.6 Å². The number of nitriles is 1. The standard InChI is InChI=1S/C5H4NO.K/c1-2-5(3-6)4-7;/h2H,1H3;/q-1;+1/b5-2+;. The van der Waals surface area contributed by atoms with Crippen molar-refractivity contribution in [1.82, 2.24) is 0 Å². The molecule has 0 saturated heterocycles. The number of allylic oxidation sites excluding steroid dienone is 2. The first-order valence-corrected chi connectivity index (χ1v) is 1.79. The van der Waals surface area contributed by atoms with Crippen LogP contribution in [0.2, 0.25) is 0 Å². The Kier molecular flexibility index (Phi) is 10.7. The normalized spacial score (nSPS) is 8.75. The molecule has 0 unspecified atom stereocenters. The second-order valence-electron chi connectivity index (χ2n) is 0.916. The van der Waals surface area contributed by atoms with Crippen LogP contribution in [-0.4, -0.2) is 6.29 Å². The molecular formula is C5H4KNO. The van der Waals surface area contributed by atoms with Crippen LogP contribution in [0.4, 0.5) is 0 Å². The number of carbonyl (C=O) groups excluding carboxylic acids is 1. The zero-order valence-corrected chi connectivity index (χ0v) is 8.06.